The molecule has 0 saturated heterocycles. The van der Waals surface area contributed by atoms with Crippen LogP contribution in [0.15, 0.2) is 0 Å². The monoisotopic (exact) mass is 239 g/mol. The SMILES string of the molecule is C[Si](C)(C)CC[C]1CCCCCCCCC1. The second kappa shape index (κ2) is 7.52. The molecule has 1 saturated carbocycles. The molecule has 0 aromatic heterocycles. The molecule has 0 N–H and O–H groups in total. The van der Waals surface area contributed by atoms with E-state index in [0.717, 1.165) is 0 Å². The summed E-state index contributed by atoms with van der Waals surface area (Å²) in [6, 6.07) is 1.52. The fraction of sp³-hybridized carbons (Fsp3) is 0.933. The molecule has 0 nitrogen and oxygen atoms in total. The van der Waals surface area contributed by atoms with Gasteiger partial charge in [0.2, 0.25) is 0 Å². The molecule has 1 fully saturated rings. The molecule has 0 spiro atoms. The van der Waals surface area contributed by atoms with Crippen molar-refractivity contribution in [3.05, 3.63) is 5.92 Å². The first kappa shape index (κ1) is 14.3. The molecule has 16 heavy (non-hydrogen) atoms. The number of hydrogen-bond acceptors (Lipinski definition) is 0. The van der Waals surface area contributed by atoms with Crippen LogP contribution in [0.2, 0.25) is 25.7 Å². The zero-order valence-electron chi connectivity index (χ0n) is 11.8. The van der Waals surface area contributed by atoms with Crippen LogP contribution in [0.1, 0.15) is 64.2 Å². The van der Waals surface area contributed by atoms with Crippen molar-refractivity contribution in [2.75, 3.05) is 0 Å². The second-order valence-electron chi connectivity index (χ2n) is 6.79. The highest BCUT2D eigenvalue weighted by Gasteiger charge is 2.17. The van der Waals surface area contributed by atoms with E-state index < -0.39 is 8.07 Å². The van der Waals surface area contributed by atoms with Gasteiger partial charge in [-0.2, -0.15) is 0 Å². The van der Waals surface area contributed by atoms with Crippen molar-refractivity contribution < 1.29 is 0 Å². The van der Waals surface area contributed by atoms with Gasteiger partial charge in [-0.15, -0.1) is 0 Å². The molecule has 0 aliphatic heterocycles. The summed E-state index contributed by atoms with van der Waals surface area (Å²) in [6.45, 7) is 7.52. The summed E-state index contributed by atoms with van der Waals surface area (Å²) in [5, 5.41) is 0. The van der Waals surface area contributed by atoms with Gasteiger partial charge in [0.1, 0.15) is 0 Å². The fourth-order valence-corrected chi connectivity index (χ4v) is 3.66. The Labute approximate surface area is 104 Å². The van der Waals surface area contributed by atoms with E-state index in [1.165, 1.54) is 70.3 Å². The Morgan fingerprint density at radius 1 is 0.750 bits per heavy atom. The van der Waals surface area contributed by atoms with Crippen molar-refractivity contribution >= 4 is 8.07 Å². The summed E-state index contributed by atoms with van der Waals surface area (Å²) in [5.41, 5.74) is 0. The lowest BCUT2D eigenvalue weighted by Crippen LogP contribution is -2.20. The molecular formula is C15H31Si. The Bertz CT molecular complexity index is 159. The molecule has 95 valence electrons. The first-order chi connectivity index (χ1) is 7.58. The van der Waals surface area contributed by atoms with Crippen LogP contribution in [0.3, 0.4) is 0 Å². The Morgan fingerprint density at radius 3 is 1.62 bits per heavy atom. The van der Waals surface area contributed by atoms with Gasteiger partial charge < -0.3 is 0 Å². The van der Waals surface area contributed by atoms with Crippen LogP contribution in [0, 0.1) is 5.92 Å². The molecule has 1 rings (SSSR count). The lowest BCUT2D eigenvalue weighted by Gasteiger charge is -2.22. The highest BCUT2D eigenvalue weighted by atomic mass is 28.3. The van der Waals surface area contributed by atoms with E-state index in [1.807, 2.05) is 5.92 Å². The zero-order valence-corrected chi connectivity index (χ0v) is 12.8. The van der Waals surface area contributed by atoms with E-state index in [2.05, 4.69) is 19.6 Å². The molecular weight excluding hydrogens is 208 g/mol. The van der Waals surface area contributed by atoms with Crippen LogP contribution in [0.4, 0.5) is 0 Å². The zero-order chi connectivity index (χ0) is 11.9. The minimum absolute atomic E-state index is 0.814. The van der Waals surface area contributed by atoms with Gasteiger partial charge in [0.25, 0.3) is 0 Å². The maximum absolute atomic E-state index is 2.51. The largest absolute Gasteiger partial charge is 0.0695 e. The van der Waals surface area contributed by atoms with Crippen LogP contribution in [-0.4, -0.2) is 8.07 Å². The third-order valence-electron chi connectivity index (χ3n) is 3.79. The first-order valence-corrected chi connectivity index (χ1v) is 11.1. The highest BCUT2D eigenvalue weighted by molar-refractivity contribution is 6.76. The van der Waals surface area contributed by atoms with Crippen molar-refractivity contribution in [1.82, 2.24) is 0 Å². The first-order valence-electron chi connectivity index (χ1n) is 7.41. The Balaban J connectivity index is 2.25. The smallest absolute Gasteiger partial charge is 0.0442 e. The molecule has 0 amide bonds. The van der Waals surface area contributed by atoms with Gasteiger partial charge >= 0.3 is 0 Å². The molecule has 0 atom stereocenters. The predicted molar refractivity (Wildman–Crippen MR) is 77.6 cm³/mol. The fourth-order valence-electron chi connectivity index (χ4n) is 2.56. The Kier molecular flexibility index (Phi) is 6.72. The van der Waals surface area contributed by atoms with Crippen LogP contribution in [0.5, 0.6) is 0 Å². The summed E-state index contributed by atoms with van der Waals surface area (Å²) < 4.78 is 0. The number of hydrogen-bond donors (Lipinski definition) is 0. The lowest BCUT2D eigenvalue weighted by molar-refractivity contribution is 0.510. The van der Waals surface area contributed by atoms with Gasteiger partial charge in [-0.1, -0.05) is 70.6 Å². The van der Waals surface area contributed by atoms with E-state index in [1.54, 1.807) is 0 Å². The van der Waals surface area contributed by atoms with Gasteiger partial charge in [0.15, 0.2) is 0 Å². The molecule has 1 aliphatic rings. The Hall–Kier alpha value is 0.217. The third-order valence-corrected chi connectivity index (χ3v) is 5.54. The summed E-state index contributed by atoms with van der Waals surface area (Å²) in [6.07, 6.45) is 14.7. The van der Waals surface area contributed by atoms with Gasteiger partial charge in [-0.05, 0) is 25.2 Å². The summed E-state index contributed by atoms with van der Waals surface area (Å²) in [7, 11) is -0.814. The van der Waals surface area contributed by atoms with E-state index in [9.17, 15) is 0 Å². The molecule has 0 unspecified atom stereocenters. The second-order valence-corrected chi connectivity index (χ2v) is 12.4. The number of rotatable bonds is 3. The van der Waals surface area contributed by atoms with Crippen LogP contribution < -0.4 is 0 Å². The van der Waals surface area contributed by atoms with E-state index in [-0.39, 0.29) is 0 Å². The maximum Gasteiger partial charge on any atom is 0.0442 e. The standard InChI is InChI=1S/C15H31Si/c1-16(2,3)14-13-15-11-9-7-5-4-6-8-10-12-15/h4-14H2,1-3H3. The molecule has 0 aromatic carbocycles. The average Bonchev–Trinajstić information content (AvgIpc) is 2.22. The van der Waals surface area contributed by atoms with Gasteiger partial charge in [-0.3, -0.25) is 0 Å². The molecule has 0 aromatic rings. The maximum atomic E-state index is 2.51. The minimum Gasteiger partial charge on any atom is -0.0695 e. The molecule has 1 aliphatic carbocycles. The van der Waals surface area contributed by atoms with Crippen molar-refractivity contribution in [2.45, 2.75) is 89.9 Å². The molecule has 0 bridgehead atoms. The highest BCUT2D eigenvalue weighted by Crippen LogP contribution is 2.29. The minimum atomic E-state index is -0.814. The normalized spacial score (nSPS) is 21.9. The van der Waals surface area contributed by atoms with Crippen molar-refractivity contribution in [2.24, 2.45) is 0 Å². The van der Waals surface area contributed by atoms with Gasteiger partial charge in [0.05, 0.1) is 0 Å². The van der Waals surface area contributed by atoms with Crippen molar-refractivity contribution in [1.29, 1.82) is 0 Å². The third kappa shape index (κ3) is 7.48. The summed E-state index contributed by atoms with van der Waals surface area (Å²) in [4.78, 5) is 0. The topological polar surface area (TPSA) is 0 Å². The summed E-state index contributed by atoms with van der Waals surface area (Å²) >= 11 is 0. The molecule has 1 heteroatoms. The average molecular weight is 239 g/mol. The molecule has 0 heterocycles. The van der Waals surface area contributed by atoms with Crippen LogP contribution >= 0.6 is 0 Å². The van der Waals surface area contributed by atoms with E-state index in [4.69, 9.17) is 0 Å². The summed E-state index contributed by atoms with van der Waals surface area (Å²) in [5.74, 6) is 1.91. The molecule has 1 radical (unpaired) electrons. The van der Waals surface area contributed by atoms with E-state index in [0.29, 0.717) is 0 Å². The Morgan fingerprint density at radius 2 is 1.19 bits per heavy atom. The van der Waals surface area contributed by atoms with Gasteiger partial charge in [0, 0.05) is 8.07 Å². The van der Waals surface area contributed by atoms with Crippen molar-refractivity contribution in [3.8, 4) is 0 Å². The van der Waals surface area contributed by atoms with E-state index >= 15 is 0 Å². The van der Waals surface area contributed by atoms with Crippen molar-refractivity contribution in [3.63, 3.8) is 0 Å². The lowest BCUT2D eigenvalue weighted by atomic mass is 9.90. The van der Waals surface area contributed by atoms with Crippen LogP contribution in [-0.2, 0) is 0 Å². The quantitative estimate of drug-likeness (QED) is 0.545. The predicted octanol–water partition coefficient (Wildman–Crippen LogP) is 5.81. The van der Waals surface area contributed by atoms with Crippen LogP contribution in [0.25, 0.3) is 0 Å². The van der Waals surface area contributed by atoms with Gasteiger partial charge in [-0.25, -0.2) is 0 Å².